The Kier molecular flexibility index (Phi) is 5.67. The number of nitrogens with one attached hydrogen (secondary N) is 1. The normalized spacial score (nSPS) is 10.6. The first-order valence-electron chi connectivity index (χ1n) is 7.87. The van der Waals surface area contributed by atoms with Crippen molar-refractivity contribution < 1.29 is 24.2 Å². The maximum absolute atomic E-state index is 9.02. The van der Waals surface area contributed by atoms with Crippen LogP contribution < -0.4 is 19.7 Å². The highest BCUT2D eigenvalue weighted by atomic mass is 16.5. The van der Waals surface area contributed by atoms with Gasteiger partial charge < -0.3 is 18.9 Å². The van der Waals surface area contributed by atoms with E-state index in [0.29, 0.717) is 52.9 Å². The summed E-state index contributed by atoms with van der Waals surface area (Å²) in [6.07, 6.45) is 1.41. The Bertz CT molecular complexity index is 888. The lowest BCUT2D eigenvalue weighted by molar-refractivity contribution is 0.144. The highest BCUT2D eigenvalue weighted by Gasteiger charge is 2.13. The molecule has 2 aromatic carbocycles. The molecule has 0 fully saturated rings. The minimum atomic E-state index is 0.367. The van der Waals surface area contributed by atoms with Gasteiger partial charge in [-0.05, 0) is 18.2 Å². The summed E-state index contributed by atoms with van der Waals surface area (Å²) in [4.78, 5) is 8.48. The standard InChI is InChI=1S/C18H19N3O5/c1-23-6-7-25-17-10-15-14(9-16(17)24-2)18(20-11-19-15)26-13-5-3-4-12(8-13)21-22/h3-5,8-11,21-22H,6-7H2,1-2H3. The van der Waals surface area contributed by atoms with Crippen molar-refractivity contribution in [3.05, 3.63) is 42.7 Å². The summed E-state index contributed by atoms with van der Waals surface area (Å²) in [5.74, 6) is 1.99. The van der Waals surface area contributed by atoms with Gasteiger partial charge in [0.1, 0.15) is 18.7 Å². The van der Waals surface area contributed by atoms with Crippen LogP contribution in [0.15, 0.2) is 42.7 Å². The fourth-order valence-corrected chi connectivity index (χ4v) is 2.37. The van der Waals surface area contributed by atoms with Gasteiger partial charge in [0, 0.05) is 19.2 Å². The topological polar surface area (TPSA) is 95.0 Å². The van der Waals surface area contributed by atoms with Crippen LogP contribution in [0.1, 0.15) is 0 Å². The van der Waals surface area contributed by atoms with Crippen LogP contribution in [0.2, 0.25) is 0 Å². The predicted octanol–water partition coefficient (Wildman–Crippen LogP) is 3.26. The van der Waals surface area contributed by atoms with Crippen LogP contribution in [0, 0.1) is 0 Å². The first-order valence-corrected chi connectivity index (χ1v) is 7.87. The average molecular weight is 357 g/mol. The van der Waals surface area contributed by atoms with Gasteiger partial charge in [0.2, 0.25) is 5.88 Å². The molecule has 136 valence electrons. The maximum atomic E-state index is 9.02. The number of benzene rings is 2. The highest BCUT2D eigenvalue weighted by Crippen LogP contribution is 2.36. The Morgan fingerprint density at radius 1 is 1.04 bits per heavy atom. The van der Waals surface area contributed by atoms with Crippen molar-refractivity contribution >= 4 is 16.6 Å². The lowest BCUT2D eigenvalue weighted by Gasteiger charge is -2.13. The summed E-state index contributed by atoms with van der Waals surface area (Å²) in [7, 11) is 3.17. The van der Waals surface area contributed by atoms with E-state index in [1.165, 1.54) is 6.33 Å². The van der Waals surface area contributed by atoms with Crippen LogP contribution >= 0.6 is 0 Å². The van der Waals surface area contributed by atoms with Crippen molar-refractivity contribution in [3.63, 3.8) is 0 Å². The summed E-state index contributed by atoms with van der Waals surface area (Å²) in [6, 6.07) is 10.4. The third-order valence-corrected chi connectivity index (χ3v) is 3.61. The molecule has 0 saturated carbocycles. The number of anilines is 1. The molecule has 0 aliphatic heterocycles. The minimum absolute atomic E-state index is 0.367. The molecule has 0 atom stereocenters. The summed E-state index contributed by atoms with van der Waals surface area (Å²) >= 11 is 0. The molecule has 26 heavy (non-hydrogen) atoms. The number of methoxy groups -OCH3 is 2. The lowest BCUT2D eigenvalue weighted by atomic mass is 10.2. The van der Waals surface area contributed by atoms with E-state index >= 15 is 0 Å². The van der Waals surface area contributed by atoms with Gasteiger partial charge in [0.15, 0.2) is 11.5 Å². The van der Waals surface area contributed by atoms with Crippen molar-refractivity contribution in [2.45, 2.75) is 0 Å². The van der Waals surface area contributed by atoms with Gasteiger partial charge >= 0.3 is 0 Å². The Balaban J connectivity index is 1.95. The van der Waals surface area contributed by atoms with E-state index in [9.17, 15) is 0 Å². The van der Waals surface area contributed by atoms with Gasteiger partial charge in [-0.3, -0.25) is 10.7 Å². The van der Waals surface area contributed by atoms with E-state index < -0.39 is 0 Å². The fourth-order valence-electron chi connectivity index (χ4n) is 2.37. The van der Waals surface area contributed by atoms with E-state index in [4.69, 9.17) is 24.2 Å². The molecule has 0 bridgehead atoms. The van der Waals surface area contributed by atoms with Crippen molar-refractivity contribution in [2.75, 3.05) is 32.9 Å². The largest absolute Gasteiger partial charge is 0.493 e. The molecule has 0 aliphatic carbocycles. The number of fused-ring (bicyclic) bond motifs is 1. The smallest absolute Gasteiger partial charge is 0.230 e. The summed E-state index contributed by atoms with van der Waals surface area (Å²) in [5, 5.41) is 9.69. The van der Waals surface area contributed by atoms with Crippen LogP contribution in [0.4, 0.5) is 5.69 Å². The molecule has 0 unspecified atom stereocenters. The molecule has 0 aliphatic rings. The minimum Gasteiger partial charge on any atom is -0.493 e. The van der Waals surface area contributed by atoms with Crippen LogP contribution in [0.5, 0.6) is 23.1 Å². The molecule has 1 heterocycles. The second-order valence-corrected chi connectivity index (χ2v) is 5.28. The predicted molar refractivity (Wildman–Crippen MR) is 95.4 cm³/mol. The van der Waals surface area contributed by atoms with Crippen molar-refractivity contribution in [3.8, 4) is 23.1 Å². The first-order chi connectivity index (χ1) is 12.7. The molecule has 0 saturated heterocycles. The van der Waals surface area contributed by atoms with Gasteiger partial charge in [-0.15, -0.1) is 0 Å². The quantitative estimate of drug-likeness (QED) is 0.469. The molecule has 0 radical (unpaired) electrons. The molecule has 2 N–H and O–H groups in total. The third kappa shape index (κ3) is 3.93. The molecule has 0 amide bonds. The van der Waals surface area contributed by atoms with E-state index in [0.717, 1.165) is 0 Å². The highest BCUT2D eigenvalue weighted by molar-refractivity contribution is 5.87. The summed E-state index contributed by atoms with van der Waals surface area (Å²) in [5.41, 5.74) is 3.24. The second kappa shape index (κ2) is 8.32. The van der Waals surface area contributed by atoms with Gasteiger partial charge in [-0.25, -0.2) is 9.97 Å². The molecular formula is C18H19N3O5. The number of aromatic nitrogens is 2. The van der Waals surface area contributed by atoms with Crippen LogP contribution in [0.25, 0.3) is 10.9 Å². The molecule has 0 spiro atoms. The van der Waals surface area contributed by atoms with Gasteiger partial charge in [0.25, 0.3) is 0 Å². The van der Waals surface area contributed by atoms with E-state index in [-0.39, 0.29) is 0 Å². The van der Waals surface area contributed by atoms with E-state index in [2.05, 4.69) is 15.4 Å². The second-order valence-electron chi connectivity index (χ2n) is 5.28. The molecule has 8 nitrogen and oxygen atoms in total. The fraction of sp³-hybridized carbons (Fsp3) is 0.222. The van der Waals surface area contributed by atoms with Crippen LogP contribution in [0.3, 0.4) is 0 Å². The molecule has 8 heteroatoms. The zero-order chi connectivity index (χ0) is 18.4. The van der Waals surface area contributed by atoms with E-state index in [1.54, 1.807) is 50.6 Å². The number of ether oxygens (including phenoxy) is 4. The summed E-state index contributed by atoms with van der Waals surface area (Å²) in [6.45, 7) is 0.863. The Labute approximate surface area is 150 Å². The Hall–Kier alpha value is -3.10. The van der Waals surface area contributed by atoms with Crippen molar-refractivity contribution in [2.24, 2.45) is 0 Å². The molecular weight excluding hydrogens is 338 g/mol. The zero-order valence-electron chi connectivity index (χ0n) is 14.4. The SMILES string of the molecule is COCCOc1cc2ncnc(Oc3cccc(NO)c3)c2cc1OC. The monoisotopic (exact) mass is 357 g/mol. The number of hydrogen-bond acceptors (Lipinski definition) is 8. The molecule has 1 aromatic heterocycles. The maximum Gasteiger partial charge on any atom is 0.230 e. The number of rotatable bonds is 8. The average Bonchev–Trinajstić information content (AvgIpc) is 2.68. The van der Waals surface area contributed by atoms with Crippen molar-refractivity contribution in [1.29, 1.82) is 0 Å². The van der Waals surface area contributed by atoms with Gasteiger partial charge in [-0.2, -0.15) is 0 Å². The molecule has 3 aromatic rings. The number of hydrogen-bond donors (Lipinski definition) is 2. The zero-order valence-corrected chi connectivity index (χ0v) is 14.4. The van der Waals surface area contributed by atoms with Crippen LogP contribution in [-0.2, 0) is 4.74 Å². The summed E-state index contributed by atoms with van der Waals surface area (Å²) < 4.78 is 21.9. The third-order valence-electron chi connectivity index (χ3n) is 3.61. The first kappa shape index (κ1) is 17.7. The van der Waals surface area contributed by atoms with Gasteiger partial charge in [0.05, 0.1) is 30.3 Å². The Morgan fingerprint density at radius 3 is 2.69 bits per heavy atom. The lowest BCUT2D eigenvalue weighted by Crippen LogP contribution is -2.05. The van der Waals surface area contributed by atoms with Crippen molar-refractivity contribution in [1.82, 2.24) is 9.97 Å². The van der Waals surface area contributed by atoms with E-state index in [1.807, 2.05) is 0 Å². The van der Waals surface area contributed by atoms with Gasteiger partial charge in [-0.1, -0.05) is 6.07 Å². The Morgan fingerprint density at radius 2 is 1.92 bits per heavy atom. The van der Waals surface area contributed by atoms with Crippen LogP contribution in [-0.4, -0.2) is 42.6 Å². The number of nitrogens with zero attached hydrogens (tertiary/aromatic N) is 2. The molecule has 3 rings (SSSR count).